The van der Waals surface area contributed by atoms with Crippen molar-refractivity contribution in [2.24, 2.45) is 0 Å². The number of benzene rings is 1. The number of ether oxygens (including phenoxy) is 1. The maximum absolute atomic E-state index is 11.8. The summed E-state index contributed by atoms with van der Waals surface area (Å²) in [6.07, 6.45) is -0.432. The van der Waals surface area contributed by atoms with Gasteiger partial charge in [0.2, 0.25) is 5.91 Å². The molecule has 1 amide bonds. The molecule has 0 aliphatic carbocycles. The van der Waals surface area contributed by atoms with E-state index in [4.69, 9.17) is 27.9 Å². The van der Waals surface area contributed by atoms with Crippen LogP contribution in [0.1, 0.15) is 20.3 Å². The number of rotatable bonds is 5. The summed E-state index contributed by atoms with van der Waals surface area (Å²) in [4.78, 5) is 23.3. The van der Waals surface area contributed by atoms with Crippen molar-refractivity contribution in [2.75, 3.05) is 5.32 Å². The third-order valence-electron chi connectivity index (χ3n) is 2.23. The second-order valence-corrected chi connectivity index (χ2v) is 5.17. The van der Waals surface area contributed by atoms with Gasteiger partial charge in [0.05, 0.1) is 28.3 Å². The molecule has 1 N–H and O–H groups in total. The van der Waals surface area contributed by atoms with Gasteiger partial charge in [-0.2, -0.15) is 0 Å². The molecule has 0 aliphatic rings. The molecule has 0 radical (unpaired) electrons. The second kappa shape index (κ2) is 7.31. The van der Waals surface area contributed by atoms with Crippen LogP contribution in [0.4, 0.5) is 5.69 Å². The molecule has 0 saturated carbocycles. The highest BCUT2D eigenvalue weighted by Gasteiger charge is 2.15. The standard InChI is InChI=1S/C14H15Cl2NO3/c1-8(2)20-14(19)9(3)7-12(18)17-11-6-4-5-10(15)13(11)16/h4-6,8H,3,7H2,1-2H3,(H,17,18). The van der Waals surface area contributed by atoms with E-state index in [1.807, 2.05) is 0 Å². The average molecular weight is 316 g/mol. The molecule has 1 aromatic carbocycles. The largest absolute Gasteiger partial charge is 0.460 e. The van der Waals surface area contributed by atoms with Crippen LogP contribution in [0.15, 0.2) is 30.4 Å². The van der Waals surface area contributed by atoms with Crippen molar-refractivity contribution in [3.63, 3.8) is 0 Å². The lowest BCUT2D eigenvalue weighted by Crippen LogP contribution is -2.18. The van der Waals surface area contributed by atoms with E-state index in [0.717, 1.165) is 0 Å². The first kappa shape index (κ1) is 16.5. The SMILES string of the molecule is C=C(CC(=O)Nc1cccc(Cl)c1Cl)C(=O)OC(C)C. The third kappa shape index (κ3) is 4.87. The Balaban J connectivity index is 2.62. The second-order valence-electron chi connectivity index (χ2n) is 4.38. The number of anilines is 1. The van der Waals surface area contributed by atoms with E-state index in [2.05, 4.69) is 11.9 Å². The number of esters is 1. The zero-order chi connectivity index (χ0) is 15.3. The summed E-state index contributed by atoms with van der Waals surface area (Å²) < 4.78 is 4.94. The van der Waals surface area contributed by atoms with Gasteiger partial charge < -0.3 is 10.1 Å². The summed E-state index contributed by atoms with van der Waals surface area (Å²) in [6, 6.07) is 4.88. The summed E-state index contributed by atoms with van der Waals surface area (Å²) in [5, 5.41) is 3.15. The minimum absolute atomic E-state index is 0.0781. The number of hydrogen-bond acceptors (Lipinski definition) is 3. The van der Waals surface area contributed by atoms with E-state index >= 15 is 0 Å². The maximum Gasteiger partial charge on any atom is 0.334 e. The van der Waals surface area contributed by atoms with Crippen LogP contribution >= 0.6 is 23.2 Å². The molecule has 4 nitrogen and oxygen atoms in total. The highest BCUT2D eigenvalue weighted by molar-refractivity contribution is 6.44. The minimum atomic E-state index is -0.590. The van der Waals surface area contributed by atoms with Gasteiger partial charge in [-0.1, -0.05) is 35.8 Å². The van der Waals surface area contributed by atoms with E-state index in [-0.39, 0.29) is 23.1 Å². The molecule has 20 heavy (non-hydrogen) atoms. The maximum atomic E-state index is 11.8. The molecule has 0 spiro atoms. The summed E-state index contributed by atoms with van der Waals surface area (Å²) in [5.74, 6) is -1.01. The fourth-order valence-electron chi connectivity index (χ4n) is 1.36. The minimum Gasteiger partial charge on any atom is -0.460 e. The lowest BCUT2D eigenvalue weighted by molar-refractivity contribution is -0.143. The van der Waals surface area contributed by atoms with E-state index in [1.54, 1.807) is 32.0 Å². The first-order valence-electron chi connectivity index (χ1n) is 5.94. The highest BCUT2D eigenvalue weighted by Crippen LogP contribution is 2.29. The van der Waals surface area contributed by atoms with Crippen LogP contribution < -0.4 is 5.32 Å². The van der Waals surface area contributed by atoms with Crippen LogP contribution in [-0.4, -0.2) is 18.0 Å². The van der Waals surface area contributed by atoms with Gasteiger partial charge >= 0.3 is 5.97 Å². The van der Waals surface area contributed by atoms with Gasteiger partial charge in [0.15, 0.2) is 0 Å². The quantitative estimate of drug-likeness (QED) is 0.663. The van der Waals surface area contributed by atoms with Crippen molar-refractivity contribution in [3.05, 3.63) is 40.4 Å². The Hall–Kier alpha value is -1.52. The predicted molar refractivity (Wildman–Crippen MR) is 80.1 cm³/mol. The predicted octanol–water partition coefficient (Wildman–Crippen LogP) is 3.83. The van der Waals surface area contributed by atoms with Crippen LogP contribution in [0.3, 0.4) is 0 Å². The summed E-state index contributed by atoms with van der Waals surface area (Å²) in [7, 11) is 0. The van der Waals surface area contributed by atoms with E-state index in [0.29, 0.717) is 10.7 Å². The Kier molecular flexibility index (Phi) is 6.05. The Labute approximate surface area is 127 Å². The molecule has 0 heterocycles. The number of hydrogen-bond donors (Lipinski definition) is 1. The smallest absolute Gasteiger partial charge is 0.334 e. The zero-order valence-corrected chi connectivity index (χ0v) is 12.7. The molecule has 0 aliphatic heterocycles. The molecule has 0 saturated heterocycles. The third-order valence-corrected chi connectivity index (χ3v) is 3.05. The Morgan fingerprint density at radius 1 is 1.35 bits per heavy atom. The van der Waals surface area contributed by atoms with Crippen LogP contribution in [0, 0.1) is 0 Å². The molecule has 1 rings (SSSR count). The van der Waals surface area contributed by atoms with Crippen LogP contribution in [0.25, 0.3) is 0 Å². The lowest BCUT2D eigenvalue weighted by Gasteiger charge is -2.11. The van der Waals surface area contributed by atoms with Gasteiger partial charge in [-0.25, -0.2) is 4.79 Å². The number of amides is 1. The molecular weight excluding hydrogens is 301 g/mol. The van der Waals surface area contributed by atoms with Crippen LogP contribution in [0.5, 0.6) is 0 Å². The summed E-state index contributed by atoms with van der Waals surface area (Å²) in [6.45, 7) is 6.97. The van der Waals surface area contributed by atoms with Gasteiger partial charge in [-0.15, -0.1) is 0 Å². The van der Waals surface area contributed by atoms with E-state index in [1.165, 1.54) is 0 Å². The Bertz CT molecular complexity index is 541. The normalized spacial score (nSPS) is 10.2. The lowest BCUT2D eigenvalue weighted by atomic mass is 10.2. The fraction of sp³-hybridized carbons (Fsp3) is 0.286. The van der Waals surface area contributed by atoms with Crippen molar-refractivity contribution >= 4 is 40.8 Å². The summed E-state index contributed by atoms with van der Waals surface area (Å²) in [5.41, 5.74) is 0.462. The molecule has 6 heteroatoms. The van der Waals surface area contributed by atoms with Crippen molar-refractivity contribution in [3.8, 4) is 0 Å². The van der Waals surface area contributed by atoms with Crippen LogP contribution in [0.2, 0.25) is 10.0 Å². The monoisotopic (exact) mass is 315 g/mol. The van der Waals surface area contributed by atoms with E-state index in [9.17, 15) is 9.59 Å². The number of nitrogens with one attached hydrogen (secondary N) is 1. The molecule has 0 fully saturated rings. The first-order chi connectivity index (χ1) is 9.31. The molecular formula is C14H15Cl2NO3. The number of carbonyl (C=O) groups is 2. The highest BCUT2D eigenvalue weighted by atomic mass is 35.5. The zero-order valence-electron chi connectivity index (χ0n) is 11.2. The molecule has 0 bridgehead atoms. The molecule has 108 valence electrons. The topological polar surface area (TPSA) is 55.4 Å². The van der Waals surface area contributed by atoms with Crippen molar-refractivity contribution in [1.29, 1.82) is 0 Å². The van der Waals surface area contributed by atoms with Crippen molar-refractivity contribution < 1.29 is 14.3 Å². The number of halogens is 2. The number of carbonyl (C=O) groups excluding carboxylic acids is 2. The van der Waals surface area contributed by atoms with Gasteiger partial charge in [0, 0.05) is 5.57 Å². The molecule has 1 aromatic rings. The first-order valence-corrected chi connectivity index (χ1v) is 6.69. The van der Waals surface area contributed by atoms with Gasteiger partial charge in [-0.3, -0.25) is 4.79 Å². The van der Waals surface area contributed by atoms with Gasteiger partial charge in [-0.05, 0) is 26.0 Å². The average Bonchev–Trinajstić information content (AvgIpc) is 2.34. The van der Waals surface area contributed by atoms with Crippen molar-refractivity contribution in [2.45, 2.75) is 26.4 Å². The molecule has 0 atom stereocenters. The summed E-state index contributed by atoms with van der Waals surface area (Å²) >= 11 is 11.8. The van der Waals surface area contributed by atoms with Gasteiger partial charge in [0.1, 0.15) is 0 Å². The van der Waals surface area contributed by atoms with Crippen LogP contribution in [-0.2, 0) is 14.3 Å². The molecule has 0 aromatic heterocycles. The Morgan fingerprint density at radius 3 is 2.60 bits per heavy atom. The fourth-order valence-corrected chi connectivity index (χ4v) is 1.71. The molecule has 0 unspecified atom stereocenters. The van der Waals surface area contributed by atoms with E-state index < -0.39 is 11.9 Å². The van der Waals surface area contributed by atoms with Crippen molar-refractivity contribution in [1.82, 2.24) is 0 Å². The van der Waals surface area contributed by atoms with Gasteiger partial charge in [0.25, 0.3) is 0 Å². The Morgan fingerprint density at radius 2 is 2.00 bits per heavy atom.